The summed E-state index contributed by atoms with van der Waals surface area (Å²) in [7, 11) is 2.17. The first kappa shape index (κ1) is 13.8. The Labute approximate surface area is 127 Å². The molecule has 1 aliphatic carbocycles. The van der Waals surface area contributed by atoms with Crippen molar-refractivity contribution in [3.63, 3.8) is 0 Å². The van der Waals surface area contributed by atoms with Gasteiger partial charge in [-0.15, -0.1) is 11.3 Å². The standard InChI is InChI=1S/C14H20N4S2/c1-9-8-19-13(16-9)11-12(15)17-20-14(11)18(2)10-6-4-3-5-7-10/h8,10H,3-7H2,1-2H3,(H2,15,17). The van der Waals surface area contributed by atoms with E-state index in [1.54, 1.807) is 11.3 Å². The number of thiazole rings is 1. The highest BCUT2D eigenvalue weighted by Crippen LogP contribution is 2.42. The summed E-state index contributed by atoms with van der Waals surface area (Å²) < 4.78 is 4.36. The Hall–Kier alpha value is -1.14. The second-order valence-electron chi connectivity index (χ2n) is 5.44. The minimum Gasteiger partial charge on any atom is -0.382 e. The fourth-order valence-corrected chi connectivity index (χ4v) is 4.60. The van der Waals surface area contributed by atoms with Gasteiger partial charge in [-0.05, 0) is 31.3 Å². The van der Waals surface area contributed by atoms with Crippen molar-refractivity contribution in [1.29, 1.82) is 0 Å². The number of nitrogens with zero attached hydrogens (tertiary/aromatic N) is 3. The number of hydrogen-bond donors (Lipinski definition) is 1. The van der Waals surface area contributed by atoms with Crippen LogP contribution in [0.25, 0.3) is 10.6 Å². The summed E-state index contributed by atoms with van der Waals surface area (Å²) in [5, 5.41) is 4.23. The van der Waals surface area contributed by atoms with Gasteiger partial charge in [0.2, 0.25) is 0 Å². The zero-order chi connectivity index (χ0) is 14.1. The third-order valence-corrected chi connectivity index (χ3v) is 5.91. The summed E-state index contributed by atoms with van der Waals surface area (Å²) in [6, 6.07) is 0.614. The average Bonchev–Trinajstić information content (AvgIpc) is 3.05. The quantitative estimate of drug-likeness (QED) is 0.933. The van der Waals surface area contributed by atoms with Gasteiger partial charge in [-0.2, -0.15) is 4.37 Å². The summed E-state index contributed by atoms with van der Waals surface area (Å²) >= 11 is 3.15. The SMILES string of the molecule is Cc1csc(-c2c(N)nsc2N(C)C2CCCCC2)n1. The molecule has 4 nitrogen and oxygen atoms in total. The predicted molar refractivity (Wildman–Crippen MR) is 87.6 cm³/mol. The molecule has 20 heavy (non-hydrogen) atoms. The van der Waals surface area contributed by atoms with E-state index in [1.165, 1.54) is 48.6 Å². The Morgan fingerprint density at radius 3 is 2.70 bits per heavy atom. The fourth-order valence-electron chi connectivity index (χ4n) is 2.84. The lowest BCUT2D eigenvalue weighted by Crippen LogP contribution is -2.33. The van der Waals surface area contributed by atoms with Crippen molar-refractivity contribution >= 4 is 33.7 Å². The van der Waals surface area contributed by atoms with E-state index < -0.39 is 0 Å². The summed E-state index contributed by atoms with van der Waals surface area (Å²) in [5.74, 6) is 0.613. The van der Waals surface area contributed by atoms with E-state index >= 15 is 0 Å². The number of hydrogen-bond acceptors (Lipinski definition) is 6. The molecule has 0 aromatic carbocycles. The molecule has 0 spiro atoms. The Balaban J connectivity index is 1.93. The number of anilines is 2. The molecule has 1 fully saturated rings. The molecule has 0 unspecified atom stereocenters. The van der Waals surface area contributed by atoms with E-state index in [2.05, 4.69) is 26.7 Å². The monoisotopic (exact) mass is 308 g/mol. The Morgan fingerprint density at radius 2 is 2.05 bits per heavy atom. The van der Waals surface area contributed by atoms with Crippen molar-refractivity contribution in [2.75, 3.05) is 17.7 Å². The van der Waals surface area contributed by atoms with Crippen LogP contribution in [0.2, 0.25) is 0 Å². The van der Waals surface area contributed by atoms with Crippen molar-refractivity contribution in [2.24, 2.45) is 0 Å². The number of nitrogen functional groups attached to an aromatic ring is 1. The van der Waals surface area contributed by atoms with E-state index in [9.17, 15) is 0 Å². The highest BCUT2D eigenvalue weighted by Gasteiger charge is 2.25. The minimum absolute atomic E-state index is 0.613. The van der Waals surface area contributed by atoms with Crippen molar-refractivity contribution in [3.05, 3.63) is 11.1 Å². The minimum atomic E-state index is 0.613. The van der Waals surface area contributed by atoms with Gasteiger partial charge < -0.3 is 10.6 Å². The lowest BCUT2D eigenvalue weighted by molar-refractivity contribution is 0.429. The van der Waals surface area contributed by atoms with Crippen molar-refractivity contribution in [2.45, 2.75) is 45.1 Å². The first-order valence-electron chi connectivity index (χ1n) is 7.07. The van der Waals surface area contributed by atoms with Crippen LogP contribution in [0.15, 0.2) is 5.38 Å². The smallest absolute Gasteiger partial charge is 0.149 e. The van der Waals surface area contributed by atoms with E-state index in [4.69, 9.17) is 5.73 Å². The van der Waals surface area contributed by atoms with Crippen LogP contribution in [-0.2, 0) is 0 Å². The average molecular weight is 308 g/mol. The van der Waals surface area contributed by atoms with Gasteiger partial charge in [0.1, 0.15) is 15.8 Å². The molecule has 2 aromatic heterocycles. The van der Waals surface area contributed by atoms with Gasteiger partial charge in [0.15, 0.2) is 0 Å². The molecule has 2 heterocycles. The van der Waals surface area contributed by atoms with Crippen LogP contribution in [0.1, 0.15) is 37.8 Å². The molecule has 0 amide bonds. The van der Waals surface area contributed by atoms with E-state index in [0.717, 1.165) is 16.3 Å². The Morgan fingerprint density at radius 1 is 1.30 bits per heavy atom. The molecule has 6 heteroatoms. The van der Waals surface area contributed by atoms with Gasteiger partial charge in [-0.3, -0.25) is 0 Å². The largest absolute Gasteiger partial charge is 0.382 e. The molecule has 1 aliphatic rings. The molecular formula is C14H20N4S2. The van der Waals surface area contributed by atoms with E-state index in [0.29, 0.717) is 11.9 Å². The van der Waals surface area contributed by atoms with Crippen LogP contribution in [0, 0.1) is 6.92 Å². The van der Waals surface area contributed by atoms with Crippen LogP contribution < -0.4 is 10.6 Å². The second kappa shape index (κ2) is 5.69. The molecule has 0 atom stereocenters. The molecule has 0 bridgehead atoms. The van der Waals surface area contributed by atoms with Gasteiger partial charge in [0, 0.05) is 24.2 Å². The summed E-state index contributed by atoms with van der Waals surface area (Å²) in [6.07, 6.45) is 6.56. The van der Waals surface area contributed by atoms with Crippen LogP contribution in [0.3, 0.4) is 0 Å². The number of nitrogens with two attached hydrogens (primary N) is 1. The number of aryl methyl sites for hydroxylation is 1. The van der Waals surface area contributed by atoms with E-state index in [1.807, 2.05) is 6.92 Å². The molecule has 0 radical (unpaired) electrons. The number of rotatable bonds is 3. The molecule has 0 saturated heterocycles. The van der Waals surface area contributed by atoms with Crippen LogP contribution in [-0.4, -0.2) is 22.4 Å². The lowest BCUT2D eigenvalue weighted by atomic mass is 9.94. The maximum Gasteiger partial charge on any atom is 0.149 e. The van der Waals surface area contributed by atoms with Gasteiger partial charge >= 0.3 is 0 Å². The highest BCUT2D eigenvalue weighted by atomic mass is 32.1. The summed E-state index contributed by atoms with van der Waals surface area (Å²) in [5.41, 5.74) is 8.16. The third kappa shape index (κ3) is 2.54. The van der Waals surface area contributed by atoms with Gasteiger partial charge in [0.25, 0.3) is 0 Å². The fraction of sp³-hybridized carbons (Fsp3) is 0.571. The van der Waals surface area contributed by atoms with Gasteiger partial charge in [0.05, 0.1) is 5.56 Å². The Kier molecular flexibility index (Phi) is 3.94. The number of aromatic nitrogens is 2. The molecule has 0 aliphatic heterocycles. The molecule has 1 saturated carbocycles. The molecule has 2 aromatic rings. The normalized spacial score (nSPS) is 16.5. The summed E-state index contributed by atoms with van der Waals surface area (Å²) in [6.45, 7) is 2.01. The molecule has 2 N–H and O–H groups in total. The topological polar surface area (TPSA) is 55.0 Å². The Bertz CT molecular complexity index is 584. The lowest BCUT2D eigenvalue weighted by Gasteiger charge is -2.32. The molecular weight excluding hydrogens is 288 g/mol. The maximum absolute atomic E-state index is 6.09. The second-order valence-corrected chi connectivity index (χ2v) is 7.05. The predicted octanol–water partition coefficient (Wildman–Crippen LogP) is 3.93. The van der Waals surface area contributed by atoms with Crippen molar-refractivity contribution in [1.82, 2.24) is 9.36 Å². The highest BCUT2D eigenvalue weighted by molar-refractivity contribution is 7.15. The zero-order valence-corrected chi connectivity index (χ0v) is 13.6. The van der Waals surface area contributed by atoms with Gasteiger partial charge in [-0.1, -0.05) is 19.3 Å². The maximum atomic E-state index is 6.09. The van der Waals surface area contributed by atoms with Gasteiger partial charge in [-0.25, -0.2) is 4.98 Å². The zero-order valence-electron chi connectivity index (χ0n) is 11.9. The van der Waals surface area contributed by atoms with Crippen LogP contribution >= 0.6 is 22.9 Å². The first-order valence-corrected chi connectivity index (χ1v) is 8.72. The van der Waals surface area contributed by atoms with Crippen LogP contribution in [0.4, 0.5) is 10.8 Å². The molecule has 3 rings (SSSR count). The van der Waals surface area contributed by atoms with Crippen LogP contribution in [0.5, 0.6) is 0 Å². The summed E-state index contributed by atoms with van der Waals surface area (Å²) in [4.78, 5) is 6.95. The third-order valence-electron chi connectivity index (χ3n) is 3.98. The molecule has 108 valence electrons. The van der Waals surface area contributed by atoms with E-state index in [-0.39, 0.29) is 0 Å². The van der Waals surface area contributed by atoms with Crippen molar-refractivity contribution in [3.8, 4) is 10.6 Å². The first-order chi connectivity index (χ1) is 9.66. The van der Waals surface area contributed by atoms with Crippen molar-refractivity contribution < 1.29 is 0 Å².